The van der Waals surface area contributed by atoms with Crippen molar-refractivity contribution in [3.8, 4) is 0 Å². The Labute approximate surface area is 358 Å². The first-order valence-corrected chi connectivity index (χ1v) is 24.1. The van der Waals surface area contributed by atoms with E-state index in [1.807, 2.05) is 0 Å². The second-order valence-electron chi connectivity index (χ2n) is 20.8. The van der Waals surface area contributed by atoms with Gasteiger partial charge in [-0.05, 0) is 206 Å². The maximum Gasteiger partial charge on any atom is 0.0400 e. The van der Waals surface area contributed by atoms with Crippen molar-refractivity contribution in [2.75, 3.05) is 20.4 Å². The summed E-state index contributed by atoms with van der Waals surface area (Å²) >= 11 is 0. The zero-order valence-electron chi connectivity index (χ0n) is 35.3. The molecule has 13 rings (SSSR count). The molecule has 12 atom stereocenters. The first-order valence-electron chi connectivity index (χ1n) is 24.1. The molecule has 0 radical (unpaired) electrons. The number of benzene rings is 5. The second-order valence-corrected chi connectivity index (χ2v) is 20.8. The number of hydrogen-bond acceptors (Lipinski definition) is 4. The summed E-state index contributed by atoms with van der Waals surface area (Å²) in [5.41, 5.74) is 13.5. The number of nitrogens with one attached hydrogen (secondary N) is 2. The van der Waals surface area contributed by atoms with E-state index in [1.54, 1.807) is 12.8 Å². The van der Waals surface area contributed by atoms with Crippen molar-refractivity contribution in [2.24, 2.45) is 47.3 Å². The summed E-state index contributed by atoms with van der Waals surface area (Å²) in [5.74, 6) is 8.10. The van der Waals surface area contributed by atoms with Crippen LogP contribution in [-0.4, -0.2) is 24.2 Å². The van der Waals surface area contributed by atoms with Crippen molar-refractivity contribution in [1.29, 1.82) is 0 Å². The van der Waals surface area contributed by atoms with Gasteiger partial charge in [-0.1, -0.05) is 72.8 Å². The summed E-state index contributed by atoms with van der Waals surface area (Å²) in [4.78, 5) is 5.79. The molecule has 2 N–H and O–H groups in total. The molecule has 6 saturated carbocycles. The maximum absolute atomic E-state index is 3.64. The normalized spacial score (nSPS) is 33.5. The van der Waals surface area contributed by atoms with Crippen LogP contribution in [0.15, 0.2) is 121 Å². The molecular formula is C56H62N4. The molecule has 5 aromatic carbocycles. The first kappa shape index (κ1) is 36.0. The van der Waals surface area contributed by atoms with Gasteiger partial charge in [0.25, 0.3) is 0 Å². The van der Waals surface area contributed by atoms with Crippen LogP contribution in [-0.2, 0) is 25.9 Å². The lowest BCUT2D eigenvalue weighted by molar-refractivity contribution is 0.369. The third kappa shape index (κ3) is 6.04. The van der Waals surface area contributed by atoms with Gasteiger partial charge in [0.1, 0.15) is 0 Å². The average Bonchev–Trinajstić information content (AvgIpc) is 4.15. The van der Waals surface area contributed by atoms with Gasteiger partial charge in [-0.3, -0.25) is 0 Å². The van der Waals surface area contributed by atoms with E-state index in [4.69, 9.17) is 0 Å². The first-order chi connectivity index (χ1) is 29.7. The molecule has 0 amide bonds. The van der Waals surface area contributed by atoms with Crippen LogP contribution in [0.1, 0.15) is 97.6 Å². The van der Waals surface area contributed by atoms with Gasteiger partial charge in [-0.25, -0.2) is 0 Å². The highest BCUT2D eigenvalue weighted by molar-refractivity contribution is 5.56. The van der Waals surface area contributed by atoms with E-state index in [-0.39, 0.29) is 0 Å². The van der Waals surface area contributed by atoms with Crippen LogP contribution in [0, 0.1) is 47.3 Å². The highest BCUT2D eigenvalue weighted by Crippen LogP contribution is 2.65. The maximum atomic E-state index is 3.64. The molecule has 4 nitrogen and oxygen atoms in total. The van der Waals surface area contributed by atoms with E-state index < -0.39 is 0 Å². The molecule has 0 spiro atoms. The van der Waals surface area contributed by atoms with Crippen LogP contribution in [0.4, 0.5) is 22.7 Å². The minimum Gasteiger partial charge on any atom is -0.381 e. The molecule has 8 fully saturated rings. The fourth-order valence-corrected chi connectivity index (χ4v) is 15.8. The molecule has 2 aliphatic heterocycles. The Hall–Kier alpha value is -4.70. The van der Waals surface area contributed by atoms with Crippen LogP contribution in [0.3, 0.4) is 0 Å². The fraction of sp³-hybridized carbons (Fsp3) is 0.464. The molecule has 2 heterocycles. The summed E-state index contributed by atoms with van der Waals surface area (Å²) in [6.45, 7) is 1.64. The van der Waals surface area contributed by atoms with Crippen LogP contribution in [0.25, 0.3) is 0 Å². The summed E-state index contributed by atoms with van der Waals surface area (Å²) < 4.78 is 0. The number of nitrogens with zero attached hydrogens (tertiary/aromatic N) is 2. The van der Waals surface area contributed by atoms with Gasteiger partial charge in [0.2, 0.25) is 0 Å². The molecule has 4 unspecified atom stereocenters. The van der Waals surface area contributed by atoms with E-state index in [0.717, 1.165) is 97.4 Å². The van der Waals surface area contributed by atoms with E-state index in [0.29, 0.717) is 0 Å². The summed E-state index contributed by atoms with van der Waals surface area (Å²) in [7, 11) is 0. The Morgan fingerprint density at radius 2 is 0.617 bits per heavy atom. The number of hydrogen-bond donors (Lipinski definition) is 2. The Kier molecular flexibility index (Phi) is 8.67. The lowest BCUT2D eigenvalue weighted by Gasteiger charge is -2.32. The minimum absolute atomic E-state index is 0.814. The molecular weight excluding hydrogens is 729 g/mol. The van der Waals surface area contributed by atoms with Crippen molar-refractivity contribution in [3.05, 3.63) is 155 Å². The number of rotatable bonds is 12. The summed E-state index contributed by atoms with van der Waals surface area (Å²) in [6, 6.07) is 49.7. The second kappa shape index (κ2) is 14.5. The van der Waals surface area contributed by atoms with Crippen molar-refractivity contribution in [3.63, 3.8) is 0 Å². The van der Waals surface area contributed by atoms with Gasteiger partial charge in [0.15, 0.2) is 0 Å². The van der Waals surface area contributed by atoms with Gasteiger partial charge in [-0.15, -0.1) is 0 Å². The van der Waals surface area contributed by atoms with Gasteiger partial charge in [0.05, 0.1) is 0 Å². The highest BCUT2D eigenvalue weighted by Gasteiger charge is 2.64. The third-order valence-corrected chi connectivity index (χ3v) is 18.0. The topological polar surface area (TPSA) is 30.5 Å². The van der Waals surface area contributed by atoms with Crippen molar-refractivity contribution >= 4 is 22.7 Å². The van der Waals surface area contributed by atoms with Crippen LogP contribution in [0.2, 0.25) is 0 Å². The zero-order valence-corrected chi connectivity index (χ0v) is 35.3. The lowest BCUT2D eigenvalue weighted by atomic mass is 9.90. The van der Waals surface area contributed by atoms with Gasteiger partial charge in [-0.2, -0.15) is 0 Å². The standard InChI is InChI=1S/C56H62N4/c1-2-40(34-58-46-19-7-36(8-20-46)30-38-11-23-48(24-12-38)60-51-27-15-43-32-44-16-28-52(60)56(44)55(43)51)4-3-39(1)33-57-45-17-5-35(6-18-45)29-37-9-21-47(22-10-37)59-49-25-13-41-31-42-14-26-50(59)54(42)53(41)49/h1-12,17-24,41-44,49-58H,13-16,25-34H2/t41-,42+,43-,44+,49?,50?,51?,52?,53+,54-,55+,56-. The van der Waals surface area contributed by atoms with Gasteiger partial charge < -0.3 is 20.4 Å². The zero-order chi connectivity index (χ0) is 39.3. The molecule has 306 valence electrons. The molecule has 5 aromatic rings. The van der Waals surface area contributed by atoms with Crippen molar-refractivity contribution < 1.29 is 0 Å². The smallest absolute Gasteiger partial charge is 0.0400 e. The van der Waals surface area contributed by atoms with E-state index in [1.165, 1.54) is 107 Å². The van der Waals surface area contributed by atoms with Crippen molar-refractivity contribution in [2.45, 2.75) is 114 Å². The Bertz CT molecular complexity index is 2100. The van der Waals surface area contributed by atoms with E-state index in [9.17, 15) is 0 Å². The van der Waals surface area contributed by atoms with Gasteiger partial charge in [0, 0.05) is 60.0 Å². The highest BCUT2D eigenvalue weighted by atomic mass is 15.3. The predicted octanol–water partition coefficient (Wildman–Crippen LogP) is 12.1. The molecule has 0 aromatic heterocycles. The Morgan fingerprint density at radius 1 is 0.333 bits per heavy atom. The molecule has 2 saturated heterocycles. The molecule has 6 aliphatic carbocycles. The van der Waals surface area contributed by atoms with E-state index in [2.05, 4.69) is 142 Å². The van der Waals surface area contributed by atoms with Crippen molar-refractivity contribution in [1.82, 2.24) is 0 Å². The Morgan fingerprint density at radius 3 is 0.933 bits per heavy atom. The summed E-state index contributed by atoms with van der Waals surface area (Å²) in [5, 5.41) is 7.29. The summed E-state index contributed by atoms with van der Waals surface area (Å²) in [6.07, 6.45) is 16.7. The average molecular weight is 791 g/mol. The molecule has 4 heteroatoms. The molecule has 60 heavy (non-hydrogen) atoms. The fourth-order valence-electron chi connectivity index (χ4n) is 15.8. The third-order valence-electron chi connectivity index (χ3n) is 18.0. The quantitative estimate of drug-likeness (QED) is 0.132. The minimum atomic E-state index is 0.814. The Balaban J connectivity index is 0.566. The van der Waals surface area contributed by atoms with Crippen LogP contribution in [0.5, 0.6) is 0 Å². The van der Waals surface area contributed by atoms with Crippen LogP contribution < -0.4 is 20.4 Å². The molecule has 0 bridgehead atoms. The molecule has 8 aliphatic rings. The monoisotopic (exact) mass is 790 g/mol. The van der Waals surface area contributed by atoms with Crippen LogP contribution >= 0.6 is 0 Å². The van der Waals surface area contributed by atoms with Gasteiger partial charge >= 0.3 is 0 Å². The predicted molar refractivity (Wildman–Crippen MR) is 247 cm³/mol. The largest absolute Gasteiger partial charge is 0.381 e. The number of anilines is 4. The van der Waals surface area contributed by atoms with E-state index >= 15 is 0 Å². The SMILES string of the molecule is c1cc(CNc2ccc(Cc3ccc(N4C5CC[C@@H]6C[C@@H]7CCC4[C@@H]7[C@H]56)cc3)cc2)ccc1CNc1ccc(Cc2ccc(N3C4CC[C@@H]5C[C@@H]6CCC3[C@@H]6[C@H]45)cc2)cc1. The lowest BCUT2D eigenvalue weighted by Crippen LogP contribution is -2.36.